The fourth-order valence-corrected chi connectivity index (χ4v) is 8.08. The van der Waals surface area contributed by atoms with Crippen LogP contribution in [0.2, 0.25) is 10.0 Å². The minimum atomic E-state index is -1.05. The molecule has 0 aliphatic carbocycles. The van der Waals surface area contributed by atoms with Crippen molar-refractivity contribution < 1.29 is 28.9 Å². The standard InChI is InChI=1S/C40H37Cl2N3O6S2/c1-23(2)17-18-50-32-16-12-26(19-33(32)49-4)35-34(36(46)25-10-14-30(15-11-25)51-21-27-8-6-5-7-24(27)3)37(47)38(48)45(35)39-43-44-40(53-39)52-22-28-9-13-29(41)20-31(28)42/h5-16,19-20,23,35,46H,17-18,21-22H2,1-4H3/b36-34+. The van der Waals surface area contributed by atoms with Gasteiger partial charge in [0, 0.05) is 21.4 Å². The molecule has 53 heavy (non-hydrogen) atoms. The molecule has 5 aromatic rings. The predicted octanol–water partition coefficient (Wildman–Crippen LogP) is 10.1. The molecule has 2 heterocycles. The highest BCUT2D eigenvalue weighted by Crippen LogP contribution is 2.46. The van der Waals surface area contributed by atoms with Crippen LogP contribution in [0.3, 0.4) is 0 Å². The Morgan fingerprint density at radius 3 is 2.43 bits per heavy atom. The maximum Gasteiger partial charge on any atom is 0.301 e. The Morgan fingerprint density at radius 2 is 1.72 bits per heavy atom. The average Bonchev–Trinajstić information content (AvgIpc) is 3.72. The van der Waals surface area contributed by atoms with Gasteiger partial charge in [0.1, 0.15) is 18.1 Å². The van der Waals surface area contributed by atoms with Crippen LogP contribution >= 0.6 is 46.3 Å². The third-order valence-electron chi connectivity index (χ3n) is 8.65. The number of ether oxygens (including phenoxy) is 3. The highest BCUT2D eigenvalue weighted by molar-refractivity contribution is 8.00. The Bertz CT molecular complexity index is 2150. The number of aryl methyl sites for hydroxylation is 1. The summed E-state index contributed by atoms with van der Waals surface area (Å²) in [7, 11) is 1.52. The van der Waals surface area contributed by atoms with Gasteiger partial charge in [-0.25, -0.2) is 0 Å². The van der Waals surface area contributed by atoms with Gasteiger partial charge in [0.2, 0.25) is 5.13 Å². The van der Waals surface area contributed by atoms with Crippen LogP contribution in [0.15, 0.2) is 94.8 Å². The average molecular weight is 791 g/mol. The molecule has 0 radical (unpaired) electrons. The van der Waals surface area contributed by atoms with Crippen LogP contribution in [-0.4, -0.2) is 40.7 Å². The molecule has 4 aromatic carbocycles. The molecule has 9 nitrogen and oxygen atoms in total. The van der Waals surface area contributed by atoms with E-state index in [4.69, 9.17) is 37.4 Å². The molecule has 0 spiro atoms. The summed E-state index contributed by atoms with van der Waals surface area (Å²) in [5.41, 5.74) is 3.77. The van der Waals surface area contributed by atoms with E-state index in [-0.39, 0.29) is 16.5 Å². The Hall–Kier alpha value is -4.55. The van der Waals surface area contributed by atoms with Gasteiger partial charge in [0.05, 0.1) is 25.3 Å². The summed E-state index contributed by atoms with van der Waals surface area (Å²) in [5.74, 6) is 0.401. The minimum Gasteiger partial charge on any atom is -0.507 e. The van der Waals surface area contributed by atoms with Gasteiger partial charge in [-0.05, 0) is 90.0 Å². The number of aromatic nitrogens is 2. The van der Waals surface area contributed by atoms with Crippen molar-refractivity contribution in [2.45, 2.75) is 49.9 Å². The number of hydrogen-bond acceptors (Lipinski definition) is 10. The first kappa shape index (κ1) is 38.2. The lowest BCUT2D eigenvalue weighted by Crippen LogP contribution is -2.29. The van der Waals surface area contributed by atoms with Gasteiger partial charge in [-0.3, -0.25) is 14.5 Å². The van der Waals surface area contributed by atoms with Crippen LogP contribution in [0.1, 0.15) is 54.1 Å². The normalized spacial score (nSPS) is 15.3. The first-order valence-corrected chi connectivity index (χ1v) is 19.4. The van der Waals surface area contributed by atoms with Crippen LogP contribution in [0, 0.1) is 12.8 Å². The number of aliphatic hydroxyl groups excluding tert-OH is 1. The molecule has 274 valence electrons. The Morgan fingerprint density at radius 1 is 0.943 bits per heavy atom. The molecule has 13 heteroatoms. The van der Waals surface area contributed by atoms with Gasteiger partial charge >= 0.3 is 5.91 Å². The zero-order valence-corrected chi connectivity index (χ0v) is 32.6. The predicted molar refractivity (Wildman–Crippen MR) is 211 cm³/mol. The lowest BCUT2D eigenvalue weighted by Gasteiger charge is -2.23. The number of thioether (sulfide) groups is 1. The highest BCUT2D eigenvalue weighted by atomic mass is 35.5. The molecule has 1 saturated heterocycles. The number of hydrogen-bond donors (Lipinski definition) is 1. The largest absolute Gasteiger partial charge is 0.507 e. The topological polar surface area (TPSA) is 111 Å². The third-order valence-corrected chi connectivity index (χ3v) is 11.3. The van der Waals surface area contributed by atoms with E-state index in [9.17, 15) is 14.7 Å². The number of halogens is 2. The van der Waals surface area contributed by atoms with Gasteiger partial charge in [-0.15, -0.1) is 10.2 Å². The second kappa shape index (κ2) is 17.1. The first-order valence-electron chi connectivity index (χ1n) is 16.8. The number of nitrogens with zero attached hydrogens (tertiary/aromatic N) is 3. The quantitative estimate of drug-likeness (QED) is 0.0386. The Balaban J connectivity index is 1.34. The van der Waals surface area contributed by atoms with Crippen LogP contribution in [0.4, 0.5) is 5.13 Å². The Kier molecular flexibility index (Phi) is 12.3. The number of rotatable bonds is 14. The molecule has 1 aliphatic rings. The molecular weight excluding hydrogens is 753 g/mol. The third kappa shape index (κ3) is 8.81. The zero-order valence-electron chi connectivity index (χ0n) is 29.5. The molecular formula is C40H37Cl2N3O6S2. The van der Waals surface area contributed by atoms with Crippen molar-refractivity contribution >= 4 is 68.9 Å². The van der Waals surface area contributed by atoms with Gasteiger partial charge in [0.25, 0.3) is 5.78 Å². The molecule has 6 rings (SSSR count). The van der Waals surface area contributed by atoms with Crippen molar-refractivity contribution in [3.8, 4) is 17.2 Å². The van der Waals surface area contributed by atoms with Crippen molar-refractivity contribution in [2.75, 3.05) is 18.6 Å². The SMILES string of the molecule is COc1cc(C2/C(=C(\O)c3ccc(OCc4ccccc4C)cc3)C(=O)C(=O)N2c2nnc(SCc3ccc(Cl)cc3Cl)s2)ccc1OCCC(C)C. The lowest BCUT2D eigenvalue weighted by molar-refractivity contribution is -0.132. The summed E-state index contributed by atoms with van der Waals surface area (Å²) in [6.45, 7) is 7.11. The number of Topliss-reactive ketones (excluding diaryl/α,β-unsaturated/α-hetero) is 1. The van der Waals surface area contributed by atoms with E-state index in [1.165, 1.54) is 23.8 Å². The van der Waals surface area contributed by atoms with Crippen LogP contribution in [0.5, 0.6) is 17.2 Å². The second-order valence-electron chi connectivity index (χ2n) is 12.7. The highest BCUT2D eigenvalue weighted by Gasteiger charge is 2.48. The summed E-state index contributed by atoms with van der Waals surface area (Å²) in [6, 6.07) is 24.1. The number of methoxy groups -OCH3 is 1. The van der Waals surface area contributed by atoms with E-state index in [0.29, 0.717) is 67.6 Å². The molecule has 1 aliphatic heterocycles. The summed E-state index contributed by atoms with van der Waals surface area (Å²) in [5, 5.41) is 21.7. The van der Waals surface area contributed by atoms with Crippen molar-refractivity contribution in [1.82, 2.24) is 10.2 Å². The maximum atomic E-state index is 13.9. The number of carbonyl (C=O) groups excluding carboxylic acids is 2. The number of benzene rings is 4. The molecule has 1 fully saturated rings. The molecule has 0 saturated carbocycles. The smallest absolute Gasteiger partial charge is 0.301 e. The number of anilines is 1. The van der Waals surface area contributed by atoms with E-state index < -0.39 is 17.7 Å². The van der Waals surface area contributed by atoms with E-state index in [0.717, 1.165) is 34.4 Å². The van der Waals surface area contributed by atoms with E-state index >= 15 is 0 Å². The fourth-order valence-electron chi connectivity index (χ4n) is 5.66. The van der Waals surface area contributed by atoms with E-state index in [2.05, 4.69) is 24.0 Å². The van der Waals surface area contributed by atoms with E-state index in [1.54, 1.807) is 54.6 Å². The van der Waals surface area contributed by atoms with Crippen molar-refractivity contribution in [3.63, 3.8) is 0 Å². The van der Waals surface area contributed by atoms with Crippen LogP contribution < -0.4 is 19.1 Å². The number of ketones is 1. The summed E-state index contributed by atoms with van der Waals surface area (Å²) in [4.78, 5) is 29.1. The van der Waals surface area contributed by atoms with Crippen molar-refractivity contribution in [3.05, 3.63) is 128 Å². The molecule has 1 amide bonds. The van der Waals surface area contributed by atoms with Gasteiger partial charge in [0.15, 0.2) is 15.8 Å². The minimum absolute atomic E-state index is 0.101. The molecule has 0 bridgehead atoms. The van der Waals surface area contributed by atoms with Gasteiger partial charge in [-0.2, -0.15) is 0 Å². The number of amides is 1. The fraction of sp³-hybridized carbons (Fsp3) is 0.250. The van der Waals surface area contributed by atoms with Gasteiger partial charge < -0.3 is 19.3 Å². The molecule has 1 aromatic heterocycles. The van der Waals surface area contributed by atoms with E-state index in [1.807, 2.05) is 37.3 Å². The Labute approximate surface area is 326 Å². The van der Waals surface area contributed by atoms with Crippen molar-refractivity contribution in [2.24, 2.45) is 5.92 Å². The molecule has 1 N–H and O–H groups in total. The van der Waals surface area contributed by atoms with Crippen molar-refractivity contribution in [1.29, 1.82) is 0 Å². The summed E-state index contributed by atoms with van der Waals surface area (Å²) in [6.07, 6.45) is 0.850. The maximum absolute atomic E-state index is 13.9. The molecule has 1 atom stereocenters. The number of aliphatic hydroxyl groups is 1. The monoisotopic (exact) mass is 789 g/mol. The van der Waals surface area contributed by atoms with Gasteiger partial charge in [-0.1, -0.05) is 96.5 Å². The number of carbonyl (C=O) groups is 2. The lowest BCUT2D eigenvalue weighted by atomic mass is 9.95. The summed E-state index contributed by atoms with van der Waals surface area (Å²) < 4.78 is 18.3. The second-order valence-corrected chi connectivity index (χ2v) is 15.7. The van der Waals surface area contributed by atoms with Crippen LogP contribution in [0.25, 0.3) is 5.76 Å². The first-order chi connectivity index (χ1) is 25.5. The summed E-state index contributed by atoms with van der Waals surface area (Å²) >= 11 is 15.0. The van der Waals surface area contributed by atoms with Crippen LogP contribution in [-0.2, 0) is 21.9 Å². The molecule has 1 unspecified atom stereocenters. The zero-order chi connectivity index (χ0) is 37.6.